The summed E-state index contributed by atoms with van der Waals surface area (Å²) in [4.78, 5) is 12.6. The van der Waals surface area contributed by atoms with Crippen molar-refractivity contribution in [2.24, 2.45) is 17.1 Å². The standard InChI is InChI=1S/C19H25Cl2NO/c1-4-5-7-16-18(2,3)10-6-11-19(16,17(22)23)13-8-9-14(20)15(21)12-13/h6,8-9,11-12,16H,4-5,7,10H2,1-3H3,(H2,22,23). The summed E-state index contributed by atoms with van der Waals surface area (Å²) in [5.74, 6) is -0.185. The van der Waals surface area contributed by atoms with Crippen LogP contribution in [-0.4, -0.2) is 5.91 Å². The van der Waals surface area contributed by atoms with Gasteiger partial charge in [0.15, 0.2) is 0 Å². The maximum atomic E-state index is 12.6. The van der Waals surface area contributed by atoms with Crippen LogP contribution in [0.5, 0.6) is 0 Å². The monoisotopic (exact) mass is 353 g/mol. The molecule has 1 aromatic rings. The number of hydrogen-bond donors (Lipinski definition) is 1. The lowest BCUT2D eigenvalue weighted by molar-refractivity contribution is -0.126. The van der Waals surface area contributed by atoms with Gasteiger partial charge < -0.3 is 5.73 Å². The number of primary amides is 1. The molecule has 0 aromatic heterocycles. The third kappa shape index (κ3) is 3.29. The van der Waals surface area contributed by atoms with E-state index < -0.39 is 5.41 Å². The molecule has 0 saturated heterocycles. The van der Waals surface area contributed by atoms with Gasteiger partial charge in [-0.1, -0.05) is 75.0 Å². The molecule has 4 heteroatoms. The van der Waals surface area contributed by atoms with Crippen LogP contribution < -0.4 is 5.73 Å². The molecule has 1 aromatic carbocycles. The molecule has 1 aliphatic carbocycles. The summed E-state index contributed by atoms with van der Waals surface area (Å²) >= 11 is 12.3. The first kappa shape index (κ1) is 18.4. The van der Waals surface area contributed by atoms with Gasteiger partial charge in [0, 0.05) is 0 Å². The molecule has 2 N–H and O–H groups in total. The summed E-state index contributed by atoms with van der Waals surface area (Å²) in [6.07, 6.45) is 8.12. The van der Waals surface area contributed by atoms with Crippen molar-refractivity contribution in [3.63, 3.8) is 0 Å². The fourth-order valence-electron chi connectivity index (χ4n) is 3.90. The number of rotatable bonds is 5. The number of halogens is 2. The molecule has 2 unspecified atom stereocenters. The summed E-state index contributed by atoms with van der Waals surface area (Å²) in [5, 5.41) is 0.940. The number of unbranched alkanes of at least 4 members (excludes halogenated alkanes) is 1. The average molecular weight is 354 g/mol. The topological polar surface area (TPSA) is 43.1 Å². The van der Waals surface area contributed by atoms with Crippen LogP contribution in [0.25, 0.3) is 0 Å². The van der Waals surface area contributed by atoms with E-state index in [9.17, 15) is 4.79 Å². The van der Waals surface area contributed by atoms with Gasteiger partial charge >= 0.3 is 0 Å². The van der Waals surface area contributed by atoms with Crippen molar-refractivity contribution in [3.8, 4) is 0 Å². The van der Waals surface area contributed by atoms with Crippen molar-refractivity contribution >= 4 is 29.1 Å². The summed E-state index contributed by atoms with van der Waals surface area (Å²) in [5.41, 5.74) is 5.94. The predicted molar refractivity (Wildman–Crippen MR) is 97.9 cm³/mol. The van der Waals surface area contributed by atoms with Gasteiger partial charge in [0.2, 0.25) is 5.91 Å². The second-order valence-corrected chi connectivity index (χ2v) is 7.97. The molecule has 126 valence electrons. The second kappa shape index (κ2) is 6.86. The molecule has 0 saturated carbocycles. The van der Waals surface area contributed by atoms with E-state index in [-0.39, 0.29) is 17.2 Å². The van der Waals surface area contributed by atoms with Gasteiger partial charge in [-0.2, -0.15) is 0 Å². The Morgan fingerprint density at radius 1 is 1.30 bits per heavy atom. The van der Waals surface area contributed by atoms with E-state index in [2.05, 4.69) is 26.8 Å². The van der Waals surface area contributed by atoms with Crippen molar-refractivity contribution in [2.45, 2.75) is 51.9 Å². The average Bonchev–Trinajstić information content (AvgIpc) is 2.47. The molecule has 1 amide bonds. The van der Waals surface area contributed by atoms with E-state index in [0.29, 0.717) is 10.0 Å². The molecule has 2 atom stereocenters. The number of allylic oxidation sites excluding steroid dienone is 1. The first-order chi connectivity index (χ1) is 10.8. The van der Waals surface area contributed by atoms with Gasteiger partial charge in [0.1, 0.15) is 0 Å². The van der Waals surface area contributed by atoms with Crippen LogP contribution in [-0.2, 0) is 10.2 Å². The molecule has 23 heavy (non-hydrogen) atoms. The number of carbonyl (C=O) groups excluding carboxylic acids is 1. The largest absolute Gasteiger partial charge is 0.369 e. The number of benzene rings is 1. The van der Waals surface area contributed by atoms with Gasteiger partial charge in [-0.15, -0.1) is 0 Å². The molecule has 0 spiro atoms. The van der Waals surface area contributed by atoms with Crippen molar-refractivity contribution in [2.75, 3.05) is 0 Å². The molecule has 0 radical (unpaired) electrons. The molecule has 2 nitrogen and oxygen atoms in total. The number of nitrogens with two attached hydrogens (primary N) is 1. The van der Waals surface area contributed by atoms with Gasteiger partial charge in [0.25, 0.3) is 0 Å². The Hall–Kier alpha value is -0.990. The van der Waals surface area contributed by atoms with Crippen LogP contribution >= 0.6 is 23.2 Å². The first-order valence-corrected chi connectivity index (χ1v) is 8.94. The Kier molecular flexibility index (Phi) is 5.48. The SMILES string of the molecule is CCCCC1C(C)(C)CC=CC1(C(N)=O)c1ccc(Cl)c(Cl)c1. The highest BCUT2D eigenvalue weighted by molar-refractivity contribution is 6.42. The van der Waals surface area contributed by atoms with Gasteiger partial charge in [-0.05, 0) is 41.9 Å². The molecule has 0 heterocycles. The Labute approximate surface area is 149 Å². The summed E-state index contributed by atoms with van der Waals surface area (Å²) in [6.45, 7) is 6.59. The highest BCUT2D eigenvalue weighted by Crippen LogP contribution is 2.52. The van der Waals surface area contributed by atoms with Gasteiger partial charge in [0.05, 0.1) is 15.5 Å². The lowest BCUT2D eigenvalue weighted by Gasteiger charge is -2.48. The Balaban J connectivity index is 2.64. The van der Waals surface area contributed by atoms with Crippen LogP contribution in [0.3, 0.4) is 0 Å². The van der Waals surface area contributed by atoms with Crippen molar-refractivity contribution in [1.82, 2.24) is 0 Å². The number of amides is 1. The van der Waals surface area contributed by atoms with Gasteiger partial charge in [-0.25, -0.2) is 0 Å². The lowest BCUT2D eigenvalue weighted by atomic mass is 9.54. The maximum absolute atomic E-state index is 12.6. The minimum Gasteiger partial charge on any atom is -0.369 e. The Bertz CT molecular complexity index is 624. The minimum atomic E-state index is -0.828. The van der Waals surface area contributed by atoms with Crippen molar-refractivity contribution in [1.29, 1.82) is 0 Å². The molecule has 1 aliphatic rings. The number of carbonyl (C=O) groups is 1. The van der Waals surface area contributed by atoms with Crippen LogP contribution in [0.2, 0.25) is 10.0 Å². The minimum absolute atomic E-state index is 0.00887. The zero-order valence-corrected chi connectivity index (χ0v) is 15.5. The number of hydrogen-bond acceptors (Lipinski definition) is 1. The summed E-state index contributed by atoms with van der Waals surface area (Å²) in [6, 6.07) is 5.42. The smallest absolute Gasteiger partial charge is 0.232 e. The van der Waals surface area contributed by atoms with Gasteiger partial charge in [-0.3, -0.25) is 4.79 Å². The van der Waals surface area contributed by atoms with E-state index in [1.54, 1.807) is 12.1 Å². The summed E-state index contributed by atoms with van der Waals surface area (Å²) in [7, 11) is 0. The first-order valence-electron chi connectivity index (χ1n) is 8.19. The third-order valence-electron chi connectivity index (χ3n) is 5.17. The van der Waals surface area contributed by atoms with Crippen LogP contribution in [0.1, 0.15) is 52.0 Å². The fraction of sp³-hybridized carbons (Fsp3) is 0.526. The van der Waals surface area contributed by atoms with Crippen molar-refractivity contribution in [3.05, 3.63) is 46.0 Å². The highest BCUT2D eigenvalue weighted by Gasteiger charge is 2.51. The molecule has 0 fully saturated rings. The van der Waals surface area contributed by atoms with Crippen LogP contribution in [0.15, 0.2) is 30.4 Å². The normalized spacial score (nSPS) is 26.2. The third-order valence-corrected chi connectivity index (χ3v) is 5.91. The maximum Gasteiger partial charge on any atom is 0.232 e. The quantitative estimate of drug-likeness (QED) is 0.696. The Morgan fingerprint density at radius 2 is 2.00 bits per heavy atom. The van der Waals surface area contributed by atoms with Crippen LogP contribution in [0.4, 0.5) is 0 Å². The Morgan fingerprint density at radius 3 is 2.57 bits per heavy atom. The van der Waals surface area contributed by atoms with E-state index in [0.717, 1.165) is 31.2 Å². The van der Waals surface area contributed by atoms with E-state index in [1.807, 2.05) is 12.1 Å². The van der Waals surface area contributed by atoms with E-state index in [4.69, 9.17) is 28.9 Å². The predicted octanol–water partition coefficient (Wildman–Crippen LogP) is 5.51. The second-order valence-electron chi connectivity index (χ2n) is 7.15. The summed E-state index contributed by atoms with van der Waals surface area (Å²) < 4.78 is 0. The zero-order chi connectivity index (χ0) is 17.3. The molecule has 0 bridgehead atoms. The molecule has 2 rings (SSSR count). The zero-order valence-electron chi connectivity index (χ0n) is 14.0. The van der Waals surface area contributed by atoms with E-state index in [1.165, 1.54) is 0 Å². The fourth-order valence-corrected chi connectivity index (χ4v) is 4.20. The van der Waals surface area contributed by atoms with Crippen molar-refractivity contribution < 1.29 is 4.79 Å². The van der Waals surface area contributed by atoms with Crippen LogP contribution in [0, 0.1) is 11.3 Å². The van der Waals surface area contributed by atoms with E-state index >= 15 is 0 Å². The molecular weight excluding hydrogens is 329 g/mol. The highest BCUT2D eigenvalue weighted by atomic mass is 35.5. The lowest BCUT2D eigenvalue weighted by Crippen LogP contribution is -2.52. The molecular formula is C19H25Cl2NO. The molecule has 0 aliphatic heterocycles.